The fourth-order valence-electron chi connectivity index (χ4n) is 5.04. The van der Waals surface area contributed by atoms with Gasteiger partial charge >= 0.3 is 0 Å². The van der Waals surface area contributed by atoms with Crippen LogP contribution in [-0.2, 0) is 4.79 Å². The van der Waals surface area contributed by atoms with Crippen LogP contribution in [0.25, 0.3) is 10.9 Å². The summed E-state index contributed by atoms with van der Waals surface area (Å²) in [6, 6.07) is 8.54. The first kappa shape index (κ1) is 17.5. The number of fused-ring (bicyclic) bond motifs is 2. The Kier molecular flexibility index (Phi) is 4.64. The van der Waals surface area contributed by atoms with E-state index < -0.39 is 0 Å². The summed E-state index contributed by atoms with van der Waals surface area (Å²) in [6.45, 7) is 2.46. The molecule has 0 spiro atoms. The molecule has 6 nitrogen and oxygen atoms in total. The zero-order valence-corrected chi connectivity index (χ0v) is 16.0. The minimum Gasteiger partial charge on any atom is -0.361 e. The lowest BCUT2D eigenvalue weighted by Crippen LogP contribution is -2.38. The quantitative estimate of drug-likeness (QED) is 0.675. The van der Waals surface area contributed by atoms with Gasteiger partial charge in [-0.25, -0.2) is 0 Å². The highest BCUT2D eigenvalue weighted by atomic mass is 16.5. The van der Waals surface area contributed by atoms with Crippen LogP contribution in [0.15, 0.2) is 41.2 Å². The van der Waals surface area contributed by atoms with Gasteiger partial charge in [0.25, 0.3) is 0 Å². The van der Waals surface area contributed by atoms with E-state index in [4.69, 9.17) is 4.52 Å². The number of piperidine rings is 1. The largest absolute Gasteiger partial charge is 0.361 e. The second-order valence-corrected chi connectivity index (χ2v) is 8.05. The molecule has 2 atom stereocenters. The number of nitrogens with one attached hydrogen (secondary N) is 1. The van der Waals surface area contributed by atoms with E-state index in [0.29, 0.717) is 11.8 Å². The third-order valence-electron chi connectivity index (χ3n) is 6.54. The van der Waals surface area contributed by atoms with E-state index in [1.807, 2.05) is 12.1 Å². The lowest BCUT2D eigenvalue weighted by Gasteiger charge is -2.33. The number of anilines is 2. The van der Waals surface area contributed by atoms with Crippen molar-refractivity contribution in [2.75, 3.05) is 18.0 Å². The average Bonchev–Trinajstić information content (AvgIpc) is 3.35. The van der Waals surface area contributed by atoms with Gasteiger partial charge in [-0.2, -0.15) is 0 Å². The highest BCUT2D eigenvalue weighted by Crippen LogP contribution is 2.38. The number of aromatic amines is 1. The molecule has 0 radical (unpaired) electrons. The minimum absolute atomic E-state index is 0.428. The van der Waals surface area contributed by atoms with E-state index >= 15 is 0 Å². The normalized spacial score (nSPS) is 23.3. The van der Waals surface area contributed by atoms with Crippen molar-refractivity contribution >= 4 is 28.9 Å². The maximum absolute atomic E-state index is 11.7. The van der Waals surface area contributed by atoms with Gasteiger partial charge in [0.2, 0.25) is 12.3 Å². The highest BCUT2D eigenvalue weighted by Gasteiger charge is 2.28. The van der Waals surface area contributed by atoms with Crippen molar-refractivity contribution in [2.45, 2.75) is 50.5 Å². The molecule has 2 fully saturated rings. The van der Waals surface area contributed by atoms with Gasteiger partial charge in [-0.15, -0.1) is 0 Å². The van der Waals surface area contributed by atoms with Gasteiger partial charge in [-0.3, -0.25) is 9.69 Å². The summed E-state index contributed by atoms with van der Waals surface area (Å²) in [5.41, 5.74) is 3.29. The summed E-state index contributed by atoms with van der Waals surface area (Å²) in [6.07, 6.45) is 12.3. The van der Waals surface area contributed by atoms with E-state index in [0.717, 1.165) is 23.7 Å². The molecule has 1 aromatic carbocycles. The smallest absolute Gasteiger partial charge is 0.238 e. The number of benzene rings is 1. The van der Waals surface area contributed by atoms with Crippen LogP contribution in [0.1, 0.15) is 50.0 Å². The topological polar surface area (TPSA) is 65.4 Å². The number of nitrogens with zero attached hydrogens (tertiary/aromatic N) is 3. The van der Waals surface area contributed by atoms with Crippen LogP contribution in [0.5, 0.6) is 0 Å². The molecule has 2 unspecified atom stereocenters. The van der Waals surface area contributed by atoms with Crippen LogP contribution in [0.2, 0.25) is 0 Å². The van der Waals surface area contributed by atoms with Crippen LogP contribution < -0.4 is 4.90 Å². The Bertz CT molecular complexity index is 933. The Morgan fingerprint density at radius 3 is 2.96 bits per heavy atom. The standard InChI is InChI=1S/C22H26N4O2/c27-15-26(22-8-10-24-28-22)18-6-7-21-19(13-18)20(14-23-21)16-4-5-17-3-1-2-11-25(17)12-9-16/h6-8,10,13-17,23H,1-5,9,11-12H2. The third-order valence-corrected chi connectivity index (χ3v) is 6.54. The van der Waals surface area contributed by atoms with Crippen molar-refractivity contribution in [1.82, 2.24) is 15.0 Å². The lowest BCUT2D eigenvalue weighted by atomic mass is 9.90. The molecular formula is C22H26N4O2. The van der Waals surface area contributed by atoms with Gasteiger partial charge in [0.05, 0.1) is 11.9 Å². The fraction of sp³-hybridized carbons (Fsp3) is 0.455. The van der Waals surface area contributed by atoms with Crippen LogP contribution in [0.4, 0.5) is 11.6 Å². The minimum atomic E-state index is 0.428. The maximum atomic E-state index is 11.7. The molecule has 0 aliphatic carbocycles. The molecule has 28 heavy (non-hydrogen) atoms. The summed E-state index contributed by atoms with van der Waals surface area (Å²) in [7, 11) is 0. The van der Waals surface area contributed by atoms with Crippen LogP contribution in [0, 0.1) is 0 Å². The van der Waals surface area contributed by atoms with E-state index in [2.05, 4.69) is 27.3 Å². The number of hydrogen-bond donors (Lipinski definition) is 1. The average molecular weight is 378 g/mol. The molecule has 0 bridgehead atoms. The molecule has 146 valence electrons. The highest BCUT2D eigenvalue weighted by molar-refractivity contribution is 5.92. The van der Waals surface area contributed by atoms with E-state index in [9.17, 15) is 4.79 Å². The van der Waals surface area contributed by atoms with Crippen molar-refractivity contribution in [2.24, 2.45) is 0 Å². The maximum Gasteiger partial charge on any atom is 0.238 e. The number of hydrogen-bond acceptors (Lipinski definition) is 4. The molecule has 1 N–H and O–H groups in total. The monoisotopic (exact) mass is 378 g/mol. The molecule has 4 heterocycles. The summed E-state index contributed by atoms with van der Waals surface area (Å²) in [4.78, 5) is 19.3. The summed E-state index contributed by atoms with van der Waals surface area (Å²) in [5, 5.41) is 4.92. The number of rotatable bonds is 4. The Morgan fingerprint density at radius 1 is 1.14 bits per heavy atom. The predicted molar refractivity (Wildman–Crippen MR) is 109 cm³/mol. The molecule has 2 saturated heterocycles. The fourth-order valence-corrected chi connectivity index (χ4v) is 5.04. The number of amides is 1. The molecule has 2 aliphatic rings. The predicted octanol–water partition coefficient (Wildman–Crippen LogP) is 4.57. The molecule has 2 aromatic heterocycles. The summed E-state index contributed by atoms with van der Waals surface area (Å²) in [5.74, 6) is 0.988. The van der Waals surface area contributed by atoms with E-state index in [1.165, 1.54) is 67.5 Å². The molecule has 1 amide bonds. The molecule has 5 rings (SSSR count). The van der Waals surface area contributed by atoms with Gasteiger partial charge < -0.3 is 14.4 Å². The first-order valence-corrected chi connectivity index (χ1v) is 10.3. The first-order chi connectivity index (χ1) is 13.8. The number of H-pyrrole nitrogens is 1. The van der Waals surface area contributed by atoms with Crippen molar-refractivity contribution in [3.05, 3.63) is 42.2 Å². The third kappa shape index (κ3) is 3.11. The van der Waals surface area contributed by atoms with Crippen molar-refractivity contribution in [3.8, 4) is 0 Å². The number of aromatic nitrogens is 2. The van der Waals surface area contributed by atoms with Crippen LogP contribution in [0.3, 0.4) is 0 Å². The Balaban J connectivity index is 1.46. The lowest BCUT2D eigenvalue weighted by molar-refractivity contribution is -0.107. The van der Waals surface area contributed by atoms with Gasteiger partial charge in [-0.1, -0.05) is 11.6 Å². The number of carbonyl (C=O) groups excluding carboxylic acids is 1. The van der Waals surface area contributed by atoms with Gasteiger partial charge in [0, 0.05) is 29.2 Å². The van der Waals surface area contributed by atoms with Crippen molar-refractivity contribution in [1.29, 1.82) is 0 Å². The zero-order valence-electron chi connectivity index (χ0n) is 16.0. The van der Waals surface area contributed by atoms with Crippen LogP contribution >= 0.6 is 0 Å². The van der Waals surface area contributed by atoms with Crippen LogP contribution in [-0.4, -0.2) is 40.6 Å². The second-order valence-electron chi connectivity index (χ2n) is 8.05. The van der Waals surface area contributed by atoms with Gasteiger partial charge in [0.15, 0.2) is 0 Å². The molecule has 3 aromatic rings. The zero-order chi connectivity index (χ0) is 18.9. The first-order valence-electron chi connectivity index (χ1n) is 10.3. The van der Waals surface area contributed by atoms with Gasteiger partial charge in [0.1, 0.15) is 0 Å². The SMILES string of the molecule is O=CN(c1ccc2[nH]cc(C3CCC4CCCCN4CC3)c2c1)c1ccno1. The van der Waals surface area contributed by atoms with E-state index in [-0.39, 0.29) is 0 Å². The Hall–Kier alpha value is -2.60. The van der Waals surface area contributed by atoms with E-state index in [1.54, 1.807) is 12.3 Å². The summed E-state index contributed by atoms with van der Waals surface area (Å²) < 4.78 is 5.18. The second kappa shape index (κ2) is 7.43. The Labute approximate surface area is 164 Å². The van der Waals surface area contributed by atoms with Gasteiger partial charge in [-0.05, 0) is 74.9 Å². The molecule has 0 saturated carbocycles. The Morgan fingerprint density at radius 2 is 2.11 bits per heavy atom. The number of carbonyl (C=O) groups is 1. The molecule has 6 heteroatoms. The van der Waals surface area contributed by atoms with Crippen molar-refractivity contribution in [3.63, 3.8) is 0 Å². The summed E-state index contributed by atoms with van der Waals surface area (Å²) >= 11 is 0. The van der Waals surface area contributed by atoms with Crippen molar-refractivity contribution < 1.29 is 9.32 Å². The molecule has 2 aliphatic heterocycles. The molecular weight excluding hydrogens is 352 g/mol.